The summed E-state index contributed by atoms with van der Waals surface area (Å²) in [7, 11) is 0. The largest absolute Gasteiger partial charge is 0.395 e. The lowest BCUT2D eigenvalue weighted by atomic mass is 10.0. The zero-order chi connectivity index (χ0) is 15.7. The first kappa shape index (κ1) is 15.1. The second kappa shape index (κ2) is 6.13. The molecular weight excluding hydrogens is 276 g/mol. The van der Waals surface area contributed by atoms with Crippen LogP contribution in [0.4, 0.5) is 0 Å². The van der Waals surface area contributed by atoms with Gasteiger partial charge in [0.05, 0.1) is 12.1 Å². The minimum atomic E-state index is 0.0484. The highest BCUT2D eigenvalue weighted by molar-refractivity contribution is 6.03. The van der Waals surface area contributed by atoms with Crippen molar-refractivity contribution in [3.05, 3.63) is 35.0 Å². The highest BCUT2D eigenvalue weighted by Gasteiger charge is 2.30. The molecule has 1 aromatic heterocycles. The maximum atomic E-state index is 12.9. The van der Waals surface area contributed by atoms with E-state index in [4.69, 9.17) is 0 Å². The number of amides is 1. The minimum Gasteiger partial charge on any atom is -0.395 e. The third-order valence-corrected chi connectivity index (χ3v) is 4.62. The number of aryl methyl sites for hydroxylation is 1. The van der Waals surface area contributed by atoms with E-state index >= 15 is 0 Å². The van der Waals surface area contributed by atoms with E-state index in [1.807, 2.05) is 9.47 Å². The number of aromatic nitrogens is 1. The number of hydrogen-bond donors (Lipinski definition) is 1. The van der Waals surface area contributed by atoms with Gasteiger partial charge in [0.15, 0.2) is 0 Å². The summed E-state index contributed by atoms with van der Waals surface area (Å²) < 4.78 is 2.03. The van der Waals surface area contributed by atoms with Crippen LogP contribution < -0.4 is 0 Å². The van der Waals surface area contributed by atoms with Gasteiger partial charge in [0.25, 0.3) is 5.91 Å². The number of aliphatic hydroxyl groups is 1. The Kier molecular flexibility index (Phi) is 4.21. The molecule has 2 aromatic rings. The molecule has 1 aliphatic rings. The average Bonchev–Trinajstić information content (AvgIpc) is 2.83. The van der Waals surface area contributed by atoms with Crippen molar-refractivity contribution in [1.82, 2.24) is 9.47 Å². The van der Waals surface area contributed by atoms with Crippen molar-refractivity contribution >= 4 is 16.8 Å². The van der Waals surface area contributed by atoms with Crippen molar-refractivity contribution in [3.8, 4) is 0 Å². The first-order valence-corrected chi connectivity index (χ1v) is 8.19. The summed E-state index contributed by atoms with van der Waals surface area (Å²) in [6.07, 6.45) is 3.04. The molecule has 2 heterocycles. The van der Waals surface area contributed by atoms with E-state index in [0.29, 0.717) is 6.54 Å². The number of nitrogens with zero attached hydrogens (tertiary/aromatic N) is 2. The number of para-hydroxylation sites is 1. The summed E-state index contributed by atoms with van der Waals surface area (Å²) in [6, 6.07) is 6.22. The Hall–Kier alpha value is -1.81. The molecule has 0 saturated heterocycles. The van der Waals surface area contributed by atoms with Gasteiger partial charge >= 0.3 is 0 Å². The van der Waals surface area contributed by atoms with Crippen LogP contribution in [-0.4, -0.2) is 40.2 Å². The molecule has 1 aromatic carbocycles. The molecule has 0 unspecified atom stereocenters. The third-order valence-electron chi connectivity index (χ3n) is 4.62. The van der Waals surface area contributed by atoms with Crippen LogP contribution in [0, 0.1) is 6.92 Å². The second-order valence-corrected chi connectivity index (χ2v) is 6.07. The van der Waals surface area contributed by atoms with Crippen LogP contribution in [0.5, 0.6) is 0 Å². The first-order valence-electron chi connectivity index (χ1n) is 8.19. The topological polar surface area (TPSA) is 45.5 Å². The Morgan fingerprint density at radius 2 is 2.09 bits per heavy atom. The minimum absolute atomic E-state index is 0.0484. The predicted molar refractivity (Wildman–Crippen MR) is 88.3 cm³/mol. The van der Waals surface area contributed by atoms with E-state index in [1.54, 1.807) is 0 Å². The standard InChI is InChI=1S/C18H24N2O2/c1-3-4-9-19-10-8-15-14-7-5-6-13(2)16(14)20(11-12-21)17(15)18(19)22/h5-7,21H,3-4,8-12H2,1-2H3. The van der Waals surface area contributed by atoms with Crippen molar-refractivity contribution in [2.45, 2.75) is 39.7 Å². The molecule has 22 heavy (non-hydrogen) atoms. The number of unbranched alkanes of at least 4 members (excludes halogenated alkanes) is 1. The Morgan fingerprint density at radius 1 is 1.27 bits per heavy atom. The average molecular weight is 300 g/mol. The number of carbonyl (C=O) groups is 1. The normalized spacial score (nSPS) is 14.7. The molecule has 0 atom stereocenters. The van der Waals surface area contributed by atoms with Crippen molar-refractivity contribution in [2.75, 3.05) is 19.7 Å². The molecule has 0 bridgehead atoms. The molecule has 0 fully saturated rings. The summed E-state index contributed by atoms with van der Waals surface area (Å²) in [5.74, 6) is 0.124. The van der Waals surface area contributed by atoms with Gasteiger partial charge in [0, 0.05) is 25.0 Å². The van der Waals surface area contributed by atoms with Crippen molar-refractivity contribution in [1.29, 1.82) is 0 Å². The van der Waals surface area contributed by atoms with Crippen LogP contribution in [0.15, 0.2) is 18.2 Å². The molecular formula is C18H24N2O2. The van der Waals surface area contributed by atoms with Crippen molar-refractivity contribution < 1.29 is 9.90 Å². The van der Waals surface area contributed by atoms with E-state index in [-0.39, 0.29) is 12.5 Å². The molecule has 4 nitrogen and oxygen atoms in total. The zero-order valence-electron chi connectivity index (χ0n) is 13.4. The van der Waals surface area contributed by atoms with Crippen molar-refractivity contribution in [3.63, 3.8) is 0 Å². The highest BCUT2D eigenvalue weighted by atomic mass is 16.3. The highest BCUT2D eigenvalue weighted by Crippen LogP contribution is 2.32. The summed E-state index contributed by atoms with van der Waals surface area (Å²) in [5.41, 5.74) is 4.21. The molecule has 0 saturated carbocycles. The second-order valence-electron chi connectivity index (χ2n) is 6.07. The molecule has 118 valence electrons. The number of fused-ring (bicyclic) bond motifs is 3. The lowest BCUT2D eigenvalue weighted by Gasteiger charge is -2.28. The van der Waals surface area contributed by atoms with Gasteiger partial charge in [0.1, 0.15) is 5.69 Å². The van der Waals surface area contributed by atoms with E-state index < -0.39 is 0 Å². The van der Waals surface area contributed by atoms with Crippen LogP contribution >= 0.6 is 0 Å². The zero-order valence-corrected chi connectivity index (χ0v) is 13.4. The monoisotopic (exact) mass is 300 g/mol. The summed E-state index contributed by atoms with van der Waals surface area (Å²) >= 11 is 0. The van der Waals surface area contributed by atoms with E-state index in [1.165, 1.54) is 5.39 Å². The summed E-state index contributed by atoms with van der Waals surface area (Å²) in [4.78, 5) is 14.9. The Morgan fingerprint density at radius 3 is 2.82 bits per heavy atom. The summed E-state index contributed by atoms with van der Waals surface area (Å²) in [5, 5.41) is 10.6. The SMILES string of the molecule is CCCCN1CCc2c(n(CCO)c3c(C)cccc23)C1=O. The lowest BCUT2D eigenvalue weighted by Crippen LogP contribution is -2.39. The molecule has 1 N–H and O–H groups in total. The maximum Gasteiger partial charge on any atom is 0.270 e. The quantitative estimate of drug-likeness (QED) is 0.923. The fourth-order valence-corrected chi connectivity index (χ4v) is 3.54. The molecule has 0 spiro atoms. The number of rotatable bonds is 5. The van der Waals surface area contributed by atoms with Gasteiger partial charge < -0.3 is 14.6 Å². The van der Waals surface area contributed by atoms with Crippen LogP contribution in [-0.2, 0) is 13.0 Å². The van der Waals surface area contributed by atoms with Crippen LogP contribution in [0.2, 0.25) is 0 Å². The number of hydrogen-bond acceptors (Lipinski definition) is 2. The van der Waals surface area contributed by atoms with E-state index in [0.717, 1.165) is 54.7 Å². The lowest BCUT2D eigenvalue weighted by molar-refractivity contribution is 0.0725. The summed E-state index contributed by atoms with van der Waals surface area (Å²) in [6.45, 7) is 6.37. The van der Waals surface area contributed by atoms with Crippen LogP contribution in [0.25, 0.3) is 10.9 Å². The molecule has 0 radical (unpaired) electrons. The fraction of sp³-hybridized carbons (Fsp3) is 0.500. The fourth-order valence-electron chi connectivity index (χ4n) is 3.54. The number of aliphatic hydroxyl groups excluding tert-OH is 1. The number of benzene rings is 1. The van der Waals surface area contributed by atoms with Gasteiger partial charge in [-0.05, 0) is 30.9 Å². The Balaban J connectivity index is 2.14. The number of carbonyl (C=O) groups excluding carboxylic acids is 1. The van der Waals surface area contributed by atoms with Gasteiger partial charge in [0.2, 0.25) is 0 Å². The van der Waals surface area contributed by atoms with Gasteiger partial charge in [-0.15, -0.1) is 0 Å². The third kappa shape index (κ3) is 2.31. The van der Waals surface area contributed by atoms with Crippen LogP contribution in [0.1, 0.15) is 41.4 Å². The molecule has 1 amide bonds. The van der Waals surface area contributed by atoms with Gasteiger partial charge in [-0.25, -0.2) is 0 Å². The van der Waals surface area contributed by atoms with Crippen LogP contribution in [0.3, 0.4) is 0 Å². The Bertz CT molecular complexity index is 703. The van der Waals surface area contributed by atoms with Crippen molar-refractivity contribution in [2.24, 2.45) is 0 Å². The van der Waals surface area contributed by atoms with E-state index in [9.17, 15) is 9.90 Å². The maximum absolute atomic E-state index is 12.9. The molecule has 4 heteroatoms. The van der Waals surface area contributed by atoms with Gasteiger partial charge in [-0.2, -0.15) is 0 Å². The first-order chi connectivity index (χ1) is 10.7. The molecule has 1 aliphatic heterocycles. The predicted octanol–water partition coefficient (Wildman–Crippen LogP) is 2.74. The van der Waals surface area contributed by atoms with Gasteiger partial charge in [-0.1, -0.05) is 31.5 Å². The smallest absolute Gasteiger partial charge is 0.270 e. The Labute approximate surface area is 131 Å². The molecule has 0 aliphatic carbocycles. The van der Waals surface area contributed by atoms with Gasteiger partial charge in [-0.3, -0.25) is 4.79 Å². The van der Waals surface area contributed by atoms with E-state index in [2.05, 4.69) is 32.0 Å². The molecule has 3 rings (SSSR count).